The highest BCUT2D eigenvalue weighted by atomic mass is 16.2. The topological polar surface area (TPSA) is 49.0 Å². The maximum Gasteiger partial charge on any atom is 0.227 e. The van der Waals surface area contributed by atoms with Crippen molar-refractivity contribution < 1.29 is 4.79 Å². The van der Waals surface area contributed by atoms with E-state index >= 15 is 0 Å². The maximum absolute atomic E-state index is 13.0. The highest BCUT2D eigenvalue weighted by molar-refractivity contribution is 5.90. The van der Waals surface area contributed by atoms with E-state index in [1.54, 1.807) is 12.4 Å². The first-order chi connectivity index (χ1) is 11.7. The second kappa shape index (κ2) is 6.11. The lowest BCUT2D eigenvalue weighted by Crippen LogP contribution is -2.32. The summed E-state index contributed by atoms with van der Waals surface area (Å²) >= 11 is 0. The molecule has 1 saturated heterocycles. The number of aromatic amines is 1. The Morgan fingerprint density at radius 3 is 2.88 bits per heavy atom. The number of nitrogens with one attached hydrogen (secondary N) is 1. The average molecular weight is 319 g/mol. The Bertz CT molecular complexity index is 869. The Balaban J connectivity index is 1.60. The van der Waals surface area contributed by atoms with E-state index in [1.165, 1.54) is 5.56 Å². The highest BCUT2D eigenvalue weighted by Crippen LogP contribution is 2.33. The van der Waals surface area contributed by atoms with Crippen molar-refractivity contribution in [2.45, 2.75) is 32.2 Å². The van der Waals surface area contributed by atoms with E-state index in [4.69, 9.17) is 0 Å². The largest absolute Gasteiger partial charge is 0.358 e. The smallest absolute Gasteiger partial charge is 0.227 e. The minimum Gasteiger partial charge on any atom is -0.358 e. The molecule has 0 spiro atoms. The van der Waals surface area contributed by atoms with Gasteiger partial charge >= 0.3 is 0 Å². The molecule has 1 atom stereocenters. The molecule has 24 heavy (non-hydrogen) atoms. The number of benzene rings is 1. The van der Waals surface area contributed by atoms with Crippen LogP contribution in [-0.4, -0.2) is 27.3 Å². The standard InChI is InChI=1S/C20H21N3O/c1-14-17(16-5-2-3-6-18(16)22-14)13-20(24)23-12-4-7-19(23)15-8-10-21-11-9-15/h2-3,5-6,8-11,19,22H,4,7,12-13H2,1H3. The van der Waals surface area contributed by atoms with Crippen LogP contribution in [0.1, 0.15) is 35.7 Å². The number of aryl methyl sites for hydroxylation is 1. The van der Waals surface area contributed by atoms with Crippen LogP contribution in [0.2, 0.25) is 0 Å². The van der Waals surface area contributed by atoms with Crippen molar-refractivity contribution in [1.82, 2.24) is 14.9 Å². The molecule has 1 amide bonds. The van der Waals surface area contributed by atoms with E-state index in [1.807, 2.05) is 36.1 Å². The summed E-state index contributed by atoms with van der Waals surface area (Å²) in [6.07, 6.45) is 6.16. The quantitative estimate of drug-likeness (QED) is 0.799. The number of H-pyrrole nitrogens is 1. The van der Waals surface area contributed by atoms with Crippen molar-refractivity contribution in [3.05, 3.63) is 65.6 Å². The summed E-state index contributed by atoms with van der Waals surface area (Å²) in [4.78, 5) is 22.5. The second-order valence-electron chi connectivity index (χ2n) is 6.48. The van der Waals surface area contributed by atoms with Crippen molar-refractivity contribution in [3.63, 3.8) is 0 Å². The molecule has 2 aromatic heterocycles. The minimum atomic E-state index is 0.186. The molecule has 4 nitrogen and oxygen atoms in total. The number of aromatic nitrogens is 2. The van der Waals surface area contributed by atoms with Gasteiger partial charge < -0.3 is 9.88 Å². The third-order valence-electron chi connectivity index (χ3n) is 5.02. The summed E-state index contributed by atoms with van der Waals surface area (Å²) in [5, 5.41) is 1.16. The van der Waals surface area contributed by atoms with Crippen LogP contribution in [0, 0.1) is 6.92 Å². The van der Waals surface area contributed by atoms with Crippen LogP contribution in [0.4, 0.5) is 0 Å². The van der Waals surface area contributed by atoms with E-state index < -0.39 is 0 Å². The van der Waals surface area contributed by atoms with E-state index in [0.717, 1.165) is 41.5 Å². The number of rotatable bonds is 3. The average Bonchev–Trinajstić information content (AvgIpc) is 3.21. The molecule has 1 N–H and O–H groups in total. The number of likely N-dealkylation sites (tertiary alicyclic amines) is 1. The fraction of sp³-hybridized carbons (Fsp3) is 0.300. The van der Waals surface area contributed by atoms with Gasteiger partial charge in [-0.2, -0.15) is 0 Å². The number of hydrogen-bond donors (Lipinski definition) is 1. The van der Waals surface area contributed by atoms with Gasteiger partial charge in [0.1, 0.15) is 0 Å². The Morgan fingerprint density at radius 1 is 1.25 bits per heavy atom. The summed E-state index contributed by atoms with van der Waals surface area (Å²) in [6, 6.07) is 12.4. The van der Waals surface area contributed by atoms with Gasteiger partial charge in [-0.3, -0.25) is 9.78 Å². The molecule has 0 bridgehead atoms. The minimum absolute atomic E-state index is 0.186. The van der Waals surface area contributed by atoms with Crippen LogP contribution < -0.4 is 0 Å². The molecule has 4 heteroatoms. The van der Waals surface area contributed by atoms with Gasteiger partial charge in [-0.15, -0.1) is 0 Å². The molecule has 1 aliphatic rings. The van der Waals surface area contributed by atoms with Gasteiger partial charge in [0.15, 0.2) is 0 Å². The molecule has 0 saturated carbocycles. The van der Waals surface area contributed by atoms with Gasteiger partial charge in [-0.05, 0) is 49.1 Å². The number of hydrogen-bond acceptors (Lipinski definition) is 2. The third-order valence-corrected chi connectivity index (χ3v) is 5.02. The number of carbonyl (C=O) groups is 1. The molecule has 1 aliphatic heterocycles. The van der Waals surface area contributed by atoms with Gasteiger partial charge in [-0.1, -0.05) is 18.2 Å². The molecule has 0 aliphatic carbocycles. The van der Waals surface area contributed by atoms with E-state index in [2.05, 4.69) is 22.1 Å². The monoisotopic (exact) mass is 319 g/mol. The first-order valence-electron chi connectivity index (χ1n) is 8.49. The fourth-order valence-corrected chi connectivity index (χ4v) is 3.81. The summed E-state index contributed by atoms with van der Waals surface area (Å²) < 4.78 is 0. The van der Waals surface area contributed by atoms with Crippen molar-refractivity contribution in [3.8, 4) is 0 Å². The van der Waals surface area contributed by atoms with Crippen molar-refractivity contribution in [2.24, 2.45) is 0 Å². The highest BCUT2D eigenvalue weighted by Gasteiger charge is 2.30. The van der Waals surface area contributed by atoms with Crippen LogP contribution in [0.5, 0.6) is 0 Å². The first-order valence-corrected chi connectivity index (χ1v) is 8.49. The molecule has 1 unspecified atom stereocenters. The number of carbonyl (C=O) groups excluding carboxylic acids is 1. The summed E-state index contributed by atoms with van der Waals surface area (Å²) in [5.74, 6) is 0.210. The molecule has 0 radical (unpaired) electrons. The zero-order valence-electron chi connectivity index (χ0n) is 13.8. The zero-order chi connectivity index (χ0) is 16.5. The van der Waals surface area contributed by atoms with E-state index in [9.17, 15) is 4.79 Å². The lowest BCUT2D eigenvalue weighted by molar-refractivity contribution is -0.131. The van der Waals surface area contributed by atoms with E-state index in [-0.39, 0.29) is 11.9 Å². The van der Waals surface area contributed by atoms with Crippen LogP contribution in [-0.2, 0) is 11.2 Å². The normalized spacial score (nSPS) is 17.5. The fourth-order valence-electron chi connectivity index (χ4n) is 3.81. The van der Waals surface area contributed by atoms with Gasteiger partial charge in [0.2, 0.25) is 5.91 Å². The Morgan fingerprint density at radius 2 is 2.04 bits per heavy atom. The van der Waals surface area contributed by atoms with E-state index in [0.29, 0.717) is 6.42 Å². The molecule has 3 aromatic rings. The zero-order valence-corrected chi connectivity index (χ0v) is 13.8. The van der Waals surface area contributed by atoms with Crippen LogP contribution in [0.25, 0.3) is 10.9 Å². The molecule has 1 aromatic carbocycles. The molecule has 4 rings (SSSR count). The number of para-hydroxylation sites is 1. The van der Waals surface area contributed by atoms with Crippen molar-refractivity contribution >= 4 is 16.8 Å². The lowest BCUT2D eigenvalue weighted by Gasteiger charge is -2.25. The van der Waals surface area contributed by atoms with Crippen molar-refractivity contribution in [1.29, 1.82) is 0 Å². The molecule has 122 valence electrons. The summed E-state index contributed by atoms with van der Waals surface area (Å²) in [5.41, 5.74) is 4.50. The van der Waals surface area contributed by atoms with Gasteiger partial charge in [-0.25, -0.2) is 0 Å². The maximum atomic E-state index is 13.0. The molecule has 1 fully saturated rings. The second-order valence-corrected chi connectivity index (χ2v) is 6.48. The van der Waals surface area contributed by atoms with Crippen LogP contribution in [0.3, 0.4) is 0 Å². The predicted molar refractivity (Wildman–Crippen MR) is 94.7 cm³/mol. The Kier molecular flexibility index (Phi) is 3.81. The number of fused-ring (bicyclic) bond motifs is 1. The number of nitrogens with zero attached hydrogens (tertiary/aromatic N) is 2. The molecular formula is C20H21N3O. The molecule has 3 heterocycles. The Labute approximate surface area is 141 Å². The van der Waals surface area contributed by atoms with Gasteiger partial charge in [0.05, 0.1) is 12.5 Å². The number of amides is 1. The summed E-state index contributed by atoms with van der Waals surface area (Å²) in [7, 11) is 0. The summed E-state index contributed by atoms with van der Waals surface area (Å²) in [6.45, 7) is 2.89. The predicted octanol–water partition coefficient (Wildman–Crippen LogP) is 3.78. The first kappa shape index (κ1) is 14.9. The van der Waals surface area contributed by atoms with Gasteiger partial charge in [0, 0.05) is 35.5 Å². The van der Waals surface area contributed by atoms with Gasteiger partial charge in [0.25, 0.3) is 0 Å². The van der Waals surface area contributed by atoms with Crippen LogP contribution in [0.15, 0.2) is 48.8 Å². The van der Waals surface area contributed by atoms with Crippen molar-refractivity contribution in [2.75, 3.05) is 6.54 Å². The number of pyridine rings is 1. The molecular weight excluding hydrogens is 298 g/mol. The third kappa shape index (κ3) is 2.58. The van der Waals surface area contributed by atoms with Crippen LogP contribution >= 0.6 is 0 Å². The lowest BCUT2D eigenvalue weighted by atomic mass is 10.0. The Hall–Kier alpha value is -2.62. The SMILES string of the molecule is Cc1[nH]c2ccccc2c1CC(=O)N1CCCC1c1ccncc1.